The minimum atomic E-state index is -6.58. The predicted molar refractivity (Wildman–Crippen MR) is 76.2 cm³/mol. The Morgan fingerprint density at radius 1 is 0.938 bits per heavy atom. The van der Waals surface area contributed by atoms with Crippen LogP contribution in [0.4, 0.5) is 48.3 Å². The molecule has 0 aliphatic heterocycles. The molecule has 32 heavy (non-hydrogen) atoms. The fourth-order valence-corrected chi connectivity index (χ4v) is 1.62. The van der Waals surface area contributed by atoms with Crippen molar-refractivity contribution in [2.24, 2.45) is 0 Å². The Balaban J connectivity index is 6.30. The van der Waals surface area contributed by atoms with Gasteiger partial charge in [-0.15, -0.1) is 0 Å². The minimum Gasteiger partial charge on any atom is -0.412 e. The van der Waals surface area contributed by atoms with Crippen molar-refractivity contribution < 1.29 is 80.3 Å². The molecular formula is C12H10F11NO7S. The van der Waals surface area contributed by atoms with Crippen molar-refractivity contribution in [3.05, 3.63) is 12.2 Å². The molecule has 0 aromatic rings. The summed E-state index contributed by atoms with van der Waals surface area (Å²) in [4.78, 5) is 23.2. The Bertz CT molecular complexity index is 832. The lowest BCUT2D eigenvalue weighted by atomic mass is 10.2. The third-order valence-corrected chi connectivity index (χ3v) is 3.88. The summed E-state index contributed by atoms with van der Waals surface area (Å²) in [6.07, 6.45) is -19.5. The monoisotopic (exact) mass is 521 g/mol. The highest BCUT2D eigenvalue weighted by Gasteiger charge is 2.68. The maximum atomic E-state index is 13.4. The van der Waals surface area contributed by atoms with Crippen LogP contribution in [0.3, 0.4) is 0 Å². The van der Waals surface area contributed by atoms with Gasteiger partial charge in [-0.3, -0.25) is 9.35 Å². The topological polar surface area (TPSA) is 119 Å². The molecule has 0 saturated heterocycles. The number of carbonyl (C=O) groups is 2. The van der Waals surface area contributed by atoms with E-state index in [1.165, 1.54) is 0 Å². The van der Waals surface area contributed by atoms with E-state index in [0.717, 1.165) is 5.32 Å². The summed E-state index contributed by atoms with van der Waals surface area (Å²) in [7, 11) is -6.54. The van der Waals surface area contributed by atoms with Gasteiger partial charge in [-0.25, -0.2) is 4.79 Å². The average molecular weight is 521 g/mol. The Kier molecular flexibility index (Phi) is 8.69. The van der Waals surface area contributed by atoms with Crippen LogP contribution >= 0.6 is 0 Å². The smallest absolute Gasteiger partial charge is 0.412 e. The summed E-state index contributed by atoms with van der Waals surface area (Å²) in [5, 5.41) is -4.85. The van der Waals surface area contributed by atoms with Gasteiger partial charge in [0.2, 0.25) is 0 Å². The van der Waals surface area contributed by atoms with Crippen molar-refractivity contribution in [2.45, 2.75) is 36.0 Å². The molecule has 0 bridgehead atoms. The van der Waals surface area contributed by atoms with Gasteiger partial charge in [0.25, 0.3) is 0 Å². The van der Waals surface area contributed by atoms with Gasteiger partial charge < -0.3 is 14.8 Å². The molecule has 0 aliphatic carbocycles. The number of hydrogen-bond donors (Lipinski definition) is 2. The van der Waals surface area contributed by atoms with Gasteiger partial charge in [0.15, 0.2) is 0 Å². The molecule has 8 nitrogen and oxygen atoms in total. The third kappa shape index (κ3) is 7.73. The van der Waals surface area contributed by atoms with Crippen LogP contribution in [-0.4, -0.2) is 67.6 Å². The van der Waals surface area contributed by atoms with Crippen LogP contribution in [0, 0.1) is 0 Å². The van der Waals surface area contributed by atoms with Crippen molar-refractivity contribution in [1.29, 1.82) is 0 Å². The summed E-state index contributed by atoms with van der Waals surface area (Å²) in [5.41, 5.74) is -2.74. The van der Waals surface area contributed by atoms with Crippen LogP contribution in [0.2, 0.25) is 0 Å². The largest absolute Gasteiger partial charge is 0.466 e. The molecule has 0 aliphatic rings. The normalized spacial score (nSPS) is 15.6. The second-order valence-corrected chi connectivity index (χ2v) is 7.05. The second kappa shape index (κ2) is 9.33. The lowest BCUT2D eigenvalue weighted by Crippen LogP contribution is -2.63. The summed E-state index contributed by atoms with van der Waals surface area (Å²) in [6, 6.07) is 0. The van der Waals surface area contributed by atoms with Crippen LogP contribution in [-0.2, 0) is 29.2 Å². The van der Waals surface area contributed by atoms with Gasteiger partial charge in [0.1, 0.15) is 12.2 Å². The van der Waals surface area contributed by atoms with Crippen molar-refractivity contribution in [3.63, 3.8) is 0 Å². The van der Waals surface area contributed by atoms with Crippen LogP contribution in [0.25, 0.3) is 0 Å². The summed E-state index contributed by atoms with van der Waals surface area (Å²) in [6.45, 7) is -2.88. The van der Waals surface area contributed by atoms with Crippen LogP contribution in [0.1, 0.15) is 6.42 Å². The Morgan fingerprint density at radius 2 is 1.41 bits per heavy atom. The Labute approximate surface area is 170 Å². The molecule has 0 rings (SSSR count). The predicted octanol–water partition coefficient (Wildman–Crippen LogP) is 2.47. The van der Waals surface area contributed by atoms with E-state index in [4.69, 9.17) is 4.55 Å². The minimum absolute atomic E-state index is 0.796. The molecule has 0 heterocycles. The molecule has 0 saturated carbocycles. The molecule has 188 valence electrons. The first-order chi connectivity index (χ1) is 13.9. The van der Waals surface area contributed by atoms with Crippen molar-refractivity contribution in [3.8, 4) is 0 Å². The maximum Gasteiger partial charge on any atom is 0.466 e. The van der Waals surface area contributed by atoms with Crippen LogP contribution < -0.4 is 5.32 Å². The highest BCUT2D eigenvalue weighted by Crippen LogP contribution is 2.39. The molecule has 0 aromatic heterocycles. The summed E-state index contributed by atoms with van der Waals surface area (Å²) in [5.74, 6) is -11.7. The summed E-state index contributed by atoms with van der Waals surface area (Å²) >= 11 is 0. The van der Waals surface area contributed by atoms with Crippen molar-refractivity contribution >= 4 is 22.0 Å². The first-order valence-electron chi connectivity index (χ1n) is 7.27. The second-order valence-electron chi connectivity index (χ2n) is 5.50. The third-order valence-electron chi connectivity index (χ3n) is 3.01. The lowest BCUT2D eigenvalue weighted by molar-refractivity contribution is -0.353. The van der Waals surface area contributed by atoms with Crippen LogP contribution in [0.5, 0.6) is 0 Å². The molecule has 0 aromatic carbocycles. The Hall–Kier alpha value is -2.22. The number of carbonyl (C=O) groups excluding carboxylic acids is 2. The molecule has 0 spiro atoms. The van der Waals surface area contributed by atoms with E-state index < -0.39 is 76.7 Å². The number of rotatable bonds is 9. The maximum absolute atomic E-state index is 13.4. The quantitative estimate of drug-likeness (QED) is 0.157. The summed E-state index contributed by atoms with van der Waals surface area (Å²) < 4.78 is 176. The number of esters is 1. The SMILES string of the molecule is C=C(C(=O)OC(OCC(F)(F)S(=O)(=O)O)(C(=O)NCCC(F)(F)F)C(F)(F)F)C(F)(F)F. The first-order valence-corrected chi connectivity index (χ1v) is 8.71. The fourth-order valence-electron chi connectivity index (χ4n) is 1.41. The number of ether oxygens (including phenoxy) is 2. The number of nitrogens with one attached hydrogen (secondary N) is 1. The van der Waals surface area contributed by atoms with Crippen molar-refractivity contribution in [1.82, 2.24) is 5.32 Å². The van der Waals surface area contributed by atoms with E-state index in [1.807, 2.05) is 6.58 Å². The lowest BCUT2D eigenvalue weighted by Gasteiger charge is -2.34. The highest BCUT2D eigenvalue weighted by atomic mass is 32.2. The van der Waals surface area contributed by atoms with Gasteiger partial charge in [0.05, 0.1) is 6.42 Å². The molecular weight excluding hydrogens is 511 g/mol. The first kappa shape index (κ1) is 29.8. The zero-order chi connectivity index (χ0) is 26.0. The number of alkyl halides is 11. The van der Waals surface area contributed by atoms with E-state index in [0.29, 0.717) is 0 Å². The molecule has 0 radical (unpaired) electrons. The zero-order valence-electron chi connectivity index (χ0n) is 14.8. The molecule has 1 atom stereocenters. The van der Waals surface area contributed by atoms with Gasteiger partial charge in [-0.05, 0) is 0 Å². The molecule has 20 heteroatoms. The average Bonchev–Trinajstić information content (AvgIpc) is 2.53. The van der Waals surface area contributed by atoms with Gasteiger partial charge in [0, 0.05) is 6.54 Å². The molecule has 2 N–H and O–H groups in total. The standard InChI is InChI=1S/C12H10F11NO7S/c1-5(11(18,19)20)6(25)31-10(12(21,22)23,7(26)24-3-2-8(13,14)15)30-4-9(16,17)32(27,28)29/h1-4H2,(H,24,26)(H,27,28,29). The highest BCUT2D eigenvalue weighted by molar-refractivity contribution is 7.86. The molecule has 1 amide bonds. The zero-order valence-corrected chi connectivity index (χ0v) is 15.6. The van der Waals surface area contributed by atoms with Gasteiger partial charge in [-0.1, -0.05) is 6.58 Å². The number of halogens is 11. The fraction of sp³-hybridized carbons (Fsp3) is 0.667. The van der Waals surface area contributed by atoms with Crippen molar-refractivity contribution in [2.75, 3.05) is 13.2 Å². The van der Waals surface area contributed by atoms with E-state index in [9.17, 15) is 66.3 Å². The van der Waals surface area contributed by atoms with E-state index >= 15 is 0 Å². The number of hydrogen-bond acceptors (Lipinski definition) is 6. The molecule has 0 fully saturated rings. The Morgan fingerprint density at radius 3 is 1.75 bits per heavy atom. The molecule has 1 unspecified atom stereocenters. The van der Waals surface area contributed by atoms with Gasteiger partial charge >= 0.3 is 51.6 Å². The van der Waals surface area contributed by atoms with Crippen LogP contribution in [0.15, 0.2) is 12.2 Å². The van der Waals surface area contributed by atoms with E-state index in [2.05, 4.69) is 9.47 Å². The number of amides is 1. The van der Waals surface area contributed by atoms with E-state index in [1.54, 1.807) is 0 Å². The van der Waals surface area contributed by atoms with E-state index in [-0.39, 0.29) is 0 Å². The van der Waals surface area contributed by atoms with Gasteiger partial charge in [-0.2, -0.15) is 56.7 Å².